The van der Waals surface area contributed by atoms with Crippen LogP contribution in [0, 0.1) is 5.82 Å². The van der Waals surface area contributed by atoms with E-state index >= 15 is 0 Å². The molecule has 0 radical (unpaired) electrons. The third-order valence-corrected chi connectivity index (χ3v) is 4.32. The van der Waals surface area contributed by atoms with Crippen LogP contribution in [0.5, 0.6) is 0 Å². The van der Waals surface area contributed by atoms with Crippen LogP contribution >= 0.6 is 22.9 Å². The summed E-state index contributed by atoms with van der Waals surface area (Å²) in [6.45, 7) is 0. The molecule has 0 spiro atoms. The minimum atomic E-state index is -1.15. The molecule has 0 aliphatic rings. The minimum absolute atomic E-state index is 0.0167. The molecule has 116 valence electrons. The van der Waals surface area contributed by atoms with Crippen LogP contribution in [0.25, 0.3) is 17.1 Å². The predicted molar refractivity (Wildman–Crippen MR) is 86.6 cm³/mol. The SMILES string of the molecule is O=C(O)c1cn2c(=O)c(Cl)c(C=Cc3cccc(F)c3)nc2s1. The van der Waals surface area contributed by atoms with Crippen LogP contribution in [0.3, 0.4) is 0 Å². The predicted octanol–water partition coefficient (Wildman–Crippen LogP) is 3.42. The quantitative estimate of drug-likeness (QED) is 0.785. The van der Waals surface area contributed by atoms with Crippen LogP contribution in [0.15, 0.2) is 35.3 Å². The summed E-state index contributed by atoms with van der Waals surface area (Å²) in [7, 11) is 0. The molecule has 3 aromatic rings. The highest BCUT2D eigenvalue weighted by atomic mass is 35.5. The van der Waals surface area contributed by atoms with Gasteiger partial charge >= 0.3 is 5.97 Å². The maximum absolute atomic E-state index is 13.1. The minimum Gasteiger partial charge on any atom is -0.477 e. The molecule has 3 rings (SSSR count). The van der Waals surface area contributed by atoms with Crippen LogP contribution in [0.2, 0.25) is 5.02 Å². The first-order valence-electron chi connectivity index (χ1n) is 6.34. The van der Waals surface area contributed by atoms with E-state index in [4.69, 9.17) is 16.7 Å². The van der Waals surface area contributed by atoms with E-state index in [1.807, 2.05) is 0 Å². The molecule has 0 atom stereocenters. The van der Waals surface area contributed by atoms with Gasteiger partial charge in [-0.05, 0) is 23.8 Å². The Hall–Kier alpha value is -2.51. The molecular weight excluding hydrogens is 343 g/mol. The lowest BCUT2D eigenvalue weighted by Gasteiger charge is -1.99. The second-order valence-corrected chi connectivity index (χ2v) is 5.94. The van der Waals surface area contributed by atoms with Gasteiger partial charge in [0.1, 0.15) is 15.7 Å². The summed E-state index contributed by atoms with van der Waals surface area (Å²) in [6, 6.07) is 5.89. The molecule has 0 aliphatic carbocycles. The third kappa shape index (κ3) is 3.01. The number of rotatable bonds is 3. The number of thiazole rings is 1. The first-order chi connectivity index (χ1) is 11.0. The van der Waals surface area contributed by atoms with Crippen LogP contribution in [-0.2, 0) is 0 Å². The Morgan fingerprint density at radius 3 is 2.87 bits per heavy atom. The van der Waals surface area contributed by atoms with Crippen LogP contribution in [0.4, 0.5) is 4.39 Å². The molecule has 2 aromatic heterocycles. The van der Waals surface area contributed by atoms with Gasteiger partial charge in [0.15, 0.2) is 4.96 Å². The number of benzene rings is 1. The Morgan fingerprint density at radius 2 is 2.17 bits per heavy atom. The van der Waals surface area contributed by atoms with Crippen LogP contribution in [0.1, 0.15) is 20.9 Å². The zero-order valence-corrected chi connectivity index (χ0v) is 12.9. The lowest BCUT2D eigenvalue weighted by molar-refractivity contribution is 0.0701. The lowest BCUT2D eigenvalue weighted by atomic mass is 10.2. The number of carboxylic acid groups (broad SMARTS) is 1. The Labute approximate surface area is 137 Å². The van der Waals surface area contributed by atoms with Gasteiger partial charge < -0.3 is 5.11 Å². The van der Waals surface area contributed by atoms with Gasteiger partial charge in [-0.3, -0.25) is 9.20 Å². The Kier molecular flexibility index (Phi) is 3.97. The number of hydrogen-bond acceptors (Lipinski definition) is 4. The second-order valence-electron chi connectivity index (χ2n) is 4.56. The normalized spacial score (nSPS) is 11.4. The highest BCUT2D eigenvalue weighted by Gasteiger charge is 2.14. The molecule has 0 saturated carbocycles. The molecule has 0 unspecified atom stereocenters. The number of carboxylic acids is 1. The largest absolute Gasteiger partial charge is 0.477 e. The lowest BCUT2D eigenvalue weighted by Crippen LogP contribution is -2.14. The first kappa shape index (κ1) is 15.4. The summed E-state index contributed by atoms with van der Waals surface area (Å²) < 4.78 is 14.2. The highest BCUT2D eigenvalue weighted by Crippen LogP contribution is 2.19. The zero-order chi connectivity index (χ0) is 16.6. The number of hydrogen-bond donors (Lipinski definition) is 1. The average Bonchev–Trinajstić information content (AvgIpc) is 2.94. The summed E-state index contributed by atoms with van der Waals surface area (Å²) in [5.41, 5.74) is 0.222. The summed E-state index contributed by atoms with van der Waals surface area (Å²) in [6.07, 6.45) is 4.24. The van der Waals surface area contributed by atoms with Gasteiger partial charge in [-0.25, -0.2) is 14.2 Å². The summed E-state index contributed by atoms with van der Waals surface area (Å²) in [5, 5.41) is 8.84. The molecule has 0 fully saturated rings. The van der Waals surface area contributed by atoms with E-state index in [2.05, 4.69) is 4.98 Å². The fraction of sp³-hybridized carbons (Fsp3) is 0. The molecule has 23 heavy (non-hydrogen) atoms. The molecule has 0 saturated heterocycles. The van der Waals surface area contributed by atoms with E-state index in [1.54, 1.807) is 18.2 Å². The van der Waals surface area contributed by atoms with Gasteiger partial charge in [0, 0.05) is 6.20 Å². The van der Waals surface area contributed by atoms with Crippen molar-refractivity contribution in [3.8, 4) is 0 Å². The first-order valence-corrected chi connectivity index (χ1v) is 7.54. The van der Waals surface area contributed by atoms with Crippen molar-refractivity contribution in [2.24, 2.45) is 0 Å². The van der Waals surface area contributed by atoms with E-state index in [0.717, 1.165) is 15.7 Å². The number of aromatic nitrogens is 2. The maximum atomic E-state index is 13.1. The molecule has 8 heteroatoms. The van der Waals surface area contributed by atoms with Crippen molar-refractivity contribution >= 4 is 46.0 Å². The monoisotopic (exact) mass is 350 g/mol. The van der Waals surface area contributed by atoms with Gasteiger partial charge in [0.05, 0.1) is 5.69 Å². The number of halogens is 2. The fourth-order valence-corrected chi connectivity index (χ4v) is 2.95. The van der Waals surface area contributed by atoms with Gasteiger partial charge in [0.2, 0.25) is 0 Å². The van der Waals surface area contributed by atoms with Crippen LogP contribution < -0.4 is 5.56 Å². The smallest absolute Gasteiger partial charge is 0.347 e. The van der Waals surface area contributed by atoms with E-state index in [0.29, 0.717) is 5.56 Å². The number of nitrogens with zero attached hydrogens (tertiary/aromatic N) is 2. The van der Waals surface area contributed by atoms with E-state index in [9.17, 15) is 14.0 Å². The Balaban J connectivity index is 2.09. The van der Waals surface area contributed by atoms with Crippen molar-refractivity contribution in [1.29, 1.82) is 0 Å². The fourth-order valence-electron chi connectivity index (χ4n) is 1.93. The number of aromatic carboxylic acids is 1. The highest BCUT2D eigenvalue weighted by molar-refractivity contribution is 7.18. The van der Waals surface area contributed by atoms with Crippen molar-refractivity contribution < 1.29 is 14.3 Å². The zero-order valence-electron chi connectivity index (χ0n) is 11.4. The molecule has 0 aliphatic heterocycles. The van der Waals surface area contributed by atoms with E-state index in [-0.39, 0.29) is 26.4 Å². The third-order valence-electron chi connectivity index (χ3n) is 2.99. The van der Waals surface area contributed by atoms with Crippen LogP contribution in [-0.4, -0.2) is 20.5 Å². The van der Waals surface area contributed by atoms with Gasteiger partial charge in [-0.1, -0.05) is 41.1 Å². The molecule has 0 bridgehead atoms. The molecule has 0 amide bonds. The van der Waals surface area contributed by atoms with Gasteiger partial charge in [-0.15, -0.1) is 0 Å². The maximum Gasteiger partial charge on any atom is 0.347 e. The van der Waals surface area contributed by atoms with E-state index < -0.39 is 11.5 Å². The van der Waals surface area contributed by atoms with E-state index in [1.165, 1.54) is 24.4 Å². The summed E-state index contributed by atoms with van der Waals surface area (Å²) >= 11 is 6.86. The molecule has 1 aromatic carbocycles. The Morgan fingerprint density at radius 1 is 1.39 bits per heavy atom. The van der Waals surface area contributed by atoms with Crippen molar-refractivity contribution in [1.82, 2.24) is 9.38 Å². The Bertz CT molecular complexity index is 1010. The summed E-state index contributed by atoms with van der Waals surface area (Å²) in [4.78, 5) is 27.5. The number of carbonyl (C=O) groups is 1. The van der Waals surface area contributed by atoms with Gasteiger partial charge in [-0.2, -0.15) is 0 Å². The van der Waals surface area contributed by atoms with Gasteiger partial charge in [0.25, 0.3) is 5.56 Å². The number of fused-ring (bicyclic) bond motifs is 1. The second kappa shape index (κ2) is 5.94. The molecule has 5 nitrogen and oxygen atoms in total. The summed E-state index contributed by atoms with van der Waals surface area (Å²) in [5.74, 6) is -1.53. The van der Waals surface area contributed by atoms with Crippen molar-refractivity contribution in [2.45, 2.75) is 0 Å². The molecular formula is C15H8ClFN2O3S. The van der Waals surface area contributed by atoms with Crippen molar-refractivity contribution in [3.63, 3.8) is 0 Å². The van der Waals surface area contributed by atoms with Crippen molar-refractivity contribution in [2.75, 3.05) is 0 Å². The topological polar surface area (TPSA) is 71.7 Å². The molecule has 2 heterocycles. The average molecular weight is 351 g/mol. The standard InChI is InChI=1S/C15H8ClFN2O3S/c16-12-10(5-4-8-2-1-3-9(17)6-8)18-15-19(13(12)20)7-11(23-15)14(21)22/h1-7H,(H,21,22). The van der Waals surface area contributed by atoms with Crippen molar-refractivity contribution in [3.05, 3.63) is 67.8 Å². The molecule has 1 N–H and O–H groups in total.